The third kappa shape index (κ3) is 4.66. The summed E-state index contributed by atoms with van der Waals surface area (Å²) < 4.78 is 28.1. The first kappa shape index (κ1) is 19.8. The molecular weight excluding hydrogens is 424 g/mol. The number of benzene rings is 2. The maximum absolute atomic E-state index is 12.9. The summed E-state index contributed by atoms with van der Waals surface area (Å²) in [5.41, 5.74) is 2.49. The van der Waals surface area contributed by atoms with E-state index in [4.69, 9.17) is 11.6 Å². The summed E-state index contributed by atoms with van der Waals surface area (Å²) in [6.07, 6.45) is 1.52. The van der Waals surface area contributed by atoms with Crippen molar-refractivity contribution in [2.45, 2.75) is 4.90 Å². The molecule has 0 unspecified atom stereocenters. The van der Waals surface area contributed by atoms with E-state index < -0.39 is 14.9 Å². The van der Waals surface area contributed by atoms with Crippen LogP contribution in [0.2, 0.25) is 5.02 Å². The predicted octanol–water partition coefficient (Wildman–Crippen LogP) is 4.56. The fraction of sp³-hybridized carbons (Fsp3) is 0. The van der Waals surface area contributed by atoms with Crippen LogP contribution in [0, 0.1) is 10.1 Å². The monoisotopic (exact) mass is 436 g/mol. The van der Waals surface area contributed by atoms with Crippen LogP contribution in [0.3, 0.4) is 0 Å². The maximum atomic E-state index is 12.9. The number of hydrogen-bond donors (Lipinski definition) is 2. The molecular formula is C17H13ClN4O4S2. The van der Waals surface area contributed by atoms with Gasteiger partial charge in [0, 0.05) is 17.0 Å². The van der Waals surface area contributed by atoms with Gasteiger partial charge in [0.15, 0.2) is 0 Å². The van der Waals surface area contributed by atoms with Gasteiger partial charge >= 0.3 is 0 Å². The number of para-hydroxylation sites is 1. The minimum atomic E-state index is -4.18. The number of hydrogen-bond acceptors (Lipinski definition) is 7. The number of thiophene rings is 1. The molecule has 2 N–H and O–H groups in total. The van der Waals surface area contributed by atoms with Gasteiger partial charge < -0.3 is 0 Å². The standard InChI is InChI=1S/C17H13ClN4O4S2/c18-14-5-1-2-6-15(14)21-28(25,26)17-10-12(22(23)24)7-8-16(17)20-19-11-13-4-3-9-27-13/h1-11,20-21H/b19-11-. The molecule has 0 radical (unpaired) electrons. The molecule has 1 heterocycles. The Kier molecular flexibility index (Phi) is 5.93. The molecule has 3 rings (SSSR count). The first-order valence-corrected chi connectivity index (χ1v) is 10.5. The number of anilines is 2. The van der Waals surface area contributed by atoms with Gasteiger partial charge in [-0.2, -0.15) is 5.10 Å². The third-order valence-corrected chi connectivity index (χ3v) is 6.05. The van der Waals surface area contributed by atoms with E-state index in [9.17, 15) is 18.5 Å². The van der Waals surface area contributed by atoms with Crippen molar-refractivity contribution in [3.8, 4) is 0 Å². The average molecular weight is 437 g/mol. The number of non-ortho nitro benzene ring substituents is 1. The Morgan fingerprint density at radius 1 is 1.11 bits per heavy atom. The van der Waals surface area contributed by atoms with Crippen LogP contribution in [0.25, 0.3) is 0 Å². The van der Waals surface area contributed by atoms with Gasteiger partial charge in [0.05, 0.1) is 27.5 Å². The minimum Gasteiger partial charge on any atom is -0.278 e. The molecule has 11 heteroatoms. The van der Waals surface area contributed by atoms with Gasteiger partial charge in [-0.1, -0.05) is 29.8 Å². The zero-order chi connectivity index (χ0) is 20.1. The Labute approximate surface area is 169 Å². The number of nitrogens with zero attached hydrogens (tertiary/aromatic N) is 2. The van der Waals surface area contributed by atoms with Crippen LogP contribution in [0.4, 0.5) is 17.1 Å². The van der Waals surface area contributed by atoms with Gasteiger partial charge in [-0.05, 0) is 29.6 Å². The molecule has 0 fully saturated rings. The number of sulfonamides is 1. The van der Waals surface area contributed by atoms with E-state index in [2.05, 4.69) is 15.2 Å². The summed E-state index contributed by atoms with van der Waals surface area (Å²) in [6, 6.07) is 13.4. The molecule has 0 saturated heterocycles. The number of hydrazone groups is 1. The molecule has 28 heavy (non-hydrogen) atoms. The van der Waals surface area contributed by atoms with Crippen LogP contribution in [0.15, 0.2) is 70.0 Å². The van der Waals surface area contributed by atoms with Crippen molar-refractivity contribution in [3.05, 3.63) is 80.0 Å². The van der Waals surface area contributed by atoms with Crippen LogP contribution in [-0.2, 0) is 10.0 Å². The largest absolute Gasteiger partial charge is 0.278 e. The van der Waals surface area contributed by atoms with Crippen molar-refractivity contribution in [1.82, 2.24) is 0 Å². The first-order valence-electron chi connectivity index (χ1n) is 7.75. The first-order chi connectivity index (χ1) is 13.4. The lowest BCUT2D eigenvalue weighted by Gasteiger charge is -2.12. The van der Waals surface area contributed by atoms with Crippen molar-refractivity contribution in [1.29, 1.82) is 0 Å². The molecule has 0 saturated carbocycles. The molecule has 0 atom stereocenters. The van der Waals surface area contributed by atoms with Crippen LogP contribution < -0.4 is 10.1 Å². The predicted molar refractivity (Wildman–Crippen MR) is 111 cm³/mol. The topological polar surface area (TPSA) is 114 Å². The summed E-state index contributed by atoms with van der Waals surface area (Å²) in [7, 11) is -4.18. The van der Waals surface area contributed by atoms with E-state index in [1.165, 1.54) is 41.8 Å². The van der Waals surface area contributed by atoms with E-state index in [-0.39, 0.29) is 27.0 Å². The highest BCUT2D eigenvalue weighted by atomic mass is 35.5. The summed E-state index contributed by atoms with van der Waals surface area (Å²) in [6.45, 7) is 0. The Hall–Kier alpha value is -2.95. The lowest BCUT2D eigenvalue weighted by Crippen LogP contribution is -2.15. The Morgan fingerprint density at radius 3 is 2.57 bits per heavy atom. The highest BCUT2D eigenvalue weighted by molar-refractivity contribution is 7.93. The molecule has 2 aromatic carbocycles. The summed E-state index contributed by atoms with van der Waals surface area (Å²) in [5.74, 6) is 0. The molecule has 0 amide bonds. The molecule has 3 aromatic rings. The van der Waals surface area contributed by atoms with Crippen LogP contribution in [0.5, 0.6) is 0 Å². The fourth-order valence-corrected chi connectivity index (χ4v) is 4.29. The second kappa shape index (κ2) is 8.38. The fourth-order valence-electron chi connectivity index (χ4n) is 2.21. The van der Waals surface area contributed by atoms with Crippen molar-refractivity contribution in [3.63, 3.8) is 0 Å². The molecule has 0 aliphatic carbocycles. The van der Waals surface area contributed by atoms with Gasteiger partial charge in [-0.3, -0.25) is 20.3 Å². The number of nitro groups is 1. The molecule has 0 aliphatic rings. The summed E-state index contributed by atoms with van der Waals surface area (Å²) in [4.78, 5) is 10.9. The van der Waals surface area contributed by atoms with Crippen molar-refractivity contribution < 1.29 is 13.3 Å². The zero-order valence-electron chi connectivity index (χ0n) is 14.1. The number of rotatable bonds is 7. The molecule has 0 bridgehead atoms. The minimum absolute atomic E-state index is 0.0814. The molecule has 0 spiro atoms. The molecule has 0 aliphatic heterocycles. The number of halogens is 1. The SMILES string of the molecule is O=[N+]([O-])c1ccc(N/N=C\c2cccs2)c(S(=O)(=O)Nc2ccccc2Cl)c1. The van der Waals surface area contributed by atoms with E-state index in [0.717, 1.165) is 10.9 Å². The Bertz CT molecular complexity index is 1130. The van der Waals surface area contributed by atoms with Gasteiger partial charge in [-0.15, -0.1) is 11.3 Å². The van der Waals surface area contributed by atoms with Crippen molar-refractivity contribution in [2.24, 2.45) is 5.10 Å². The lowest BCUT2D eigenvalue weighted by atomic mass is 10.3. The smallest absolute Gasteiger partial charge is 0.270 e. The van der Waals surface area contributed by atoms with Gasteiger partial charge in [-0.25, -0.2) is 8.42 Å². The van der Waals surface area contributed by atoms with Gasteiger partial charge in [0.25, 0.3) is 15.7 Å². The van der Waals surface area contributed by atoms with Crippen LogP contribution >= 0.6 is 22.9 Å². The molecule has 144 valence electrons. The van der Waals surface area contributed by atoms with Crippen LogP contribution in [-0.4, -0.2) is 19.6 Å². The zero-order valence-corrected chi connectivity index (χ0v) is 16.5. The van der Waals surface area contributed by atoms with Gasteiger partial charge in [0.2, 0.25) is 0 Å². The maximum Gasteiger partial charge on any atom is 0.270 e. The second-order valence-electron chi connectivity index (χ2n) is 5.41. The number of nitro benzene ring substituents is 1. The highest BCUT2D eigenvalue weighted by Crippen LogP contribution is 2.30. The molecule has 1 aromatic heterocycles. The van der Waals surface area contributed by atoms with E-state index in [0.29, 0.717) is 0 Å². The average Bonchev–Trinajstić information content (AvgIpc) is 3.17. The normalized spacial score (nSPS) is 11.5. The van der Waals surface area contributed by atoms with E-state index in [1.54, 1.807) is 12.1 Å². The summed E-state index contributed by atoms with van der Waals surface area (Å²) >= 11 is 7.46. The third-order valence-electron chi connectivity index (χ3n) is 3.50. The highest BCUT2D eigenvalue weighted by Gasteiger charge is 2.23. The quantitative estimate of drug-likeness (QED) is 0.320. The number of nitrogens with one attached hydrogen (secondary N) is 2. The van der Waals surface area contributed by atoms with Crippen LogP contribution in [0.1, 0.15) is 4.88 Å². The van der Waals surface area contributed by atoms with E-state index in [1.807, 2.05) is 17.5 Å². The molecule has 8 nitrogen and oxygen atoms in total. The summed E-state index contributed by atoms with van der Waals surface area (Å²) in [5, 5.41) is 17.2. The Morgan fingerprint density at radius 2 is 1.89 bits per heavy atom. The lowest BCUT2D eigenvalue weighted by molar-refractivity contribution is -0.385. The second-order valence-corrected chi connectivity index (χ2v) is 8.45. The van der Waals surface area contributed by atoms with Gasteiger partial charge in [0.1, 0.15) is 4.90 Å². The van der Waals surface area contributed by atoms with E-state index >= 15 is 0 Å². The van der Waals surface area contributed by atoms with Crippen molar-refractivity contribution >= 4 is 56.2 Å². The van der Waals surface area contributed by atoms with Crippen molar-refractivity contribution in [2.75, 3.05) is 10.1 Å². The Balaban J connectivity index is 1.97.